The Morgan fingerprint density at radius 2 is 1.74 bits per heavy atom. The third-order valence-electron chi connectivity index (χ3n) is 5.11. The molecule has 0 amide bonds. The number of nitrogens with one attached hydrogen (secondary N) is 1. The molecule has 0 saturated carbocycles. The van der Waals surface area contributed by atoms with E-state index in [1.165, 1.54) is 24.8 Å². The fraction of sp³-hybridized carbons (Fsp3) is 0.364. The number of ether oxygens (including phenoxy) is 1. The number of hydrogen-bond acceptors (Lipinski definition) is 5. The van der Waals surface area contributed by atoms with Gasteiger partial charge in [0.05, 0.1) is 12.6 Å². The van der Waals surface area contributed by atoms with Crippen LogP contribution in [-0.2, 0) is 6.42 Å². The topological polar surface area (TPSA) is 50.3 Å². The van der Waals surface area contributed by atoms with Crippen LogP contribution in [0.3, 0.4) is 0 Å². The van der Waals surface area contributed by atoms with Crippen molar-refractivity contribution in [1.82, 2.24) is 9.97 Å². The molecule has 1 saturated heterocycles. The lowest BCUT2D eigenvalue weighted by molar-refractivity contribution is 0.410. The lowest BCUT2D eigenvalue weighted by Crippen LogP contribution is -2.30. The van der Waals surface area contributed by atoms with Crippen LogP contribution < -0.4 is 15.0 Å². The minimum Gasteiger partial charge on any atom is -0.496 e. The van der Waals surface area contributed by atoms with Crippen LogP contribution in [0, 0.1) is 0 Å². The van der Waals surface area contributed by atoms with E-state index in [-0.39, 0.29) is 0 Å². The van der Waals surface area contributed by atoms with Gasteiger partial charge < -0.3 is 15.0 Å². The summed E-state index contributed by atoms with van der Waals surface area (Å²) in [7, 11) is 1.71. The first-order chi connectivity index (χ1) is 13.3. The summed E-state index contributed by atoms with van der Waals surface area (Å²) in [5, 5.41) is 4.55. The molecule has 4 rings (SSSR count). The molecule has 2 aromatic carbocycles. The minimum atomic E-state index is 0.698. The fourth-order valence-corrected chi connectivity index (χ4v) is 3.70. The molecule has 5 heteroatoms. The molecular formula is C22H26N4O. The van der Waals surface area contributed by atoms with Gasteiger partial charge >= 0.3 is 0 Å². The van der Waals surface area contributed by atoms with Gasteiger partial charge in [0.15, 0.2) is 0 Å². The minimum absolute atomic E-state index is 0.698. The predicted molar refractivity (Wildman–Crippen MR) is 111 cm³/mol. The Kier molecular flexibility index (Phi) is 5.37. The molecule has 1 aliphatic rings. The molecule has 2 heterocycles. The third-order valence-corrected chi connectivity index (χ3v) is 5.11. The van der Waals surface area contributed by atoms with Crippen molar-refractivity contribution >= 4 is 22.7 Å². The maximum absolute atomic E-state index is 5.44. The molecule has 3 aromatic rings. The SMILES string of the molecule is COc1ccccc1CCNc1nc(N2CCCCC2)c2ccccc2n1. The van der Waals surface area contributed by atoms with Gasteiger partial charge in [0, 0.05) is 25.0 Å². The van der Waals surface area contributed by atoms with E-state index in [1.54, 1.807) is 7.11 Å². The Bertz CT molecular complexity index is 906. The van der Waals surface area contributed by atoms with Crippen molar-refractivity contribution in [3.63, 3.8) is 0 Å². The summed E-state index contributed by atoms with van der Waals surface area (Å²) in [5.41, 5.74) is 2.18. The highest BCUT2D eigenvalue weighted by Gasteiger charge is 2.16. The average molecular weight is 362 g/mol. The van der Waals surface area contributed by atoms with Gasteiger partial charge in [0.1, 0.15) is 11.6 Å². The molecule has 0 bridgehead atoms. The van der Waals surface area contributed by atoms with E-state index in [4.69, 9.17) is 14.7 Å². The summed E-state index contributed by atoms with van der Waals surface area (Å²) in [6.07, 6.45) is 4.63. The van der Waals surface area contributed by atoms with E-state index < -0.39 is 0 Å². The predicted octanol–water partition coefficient (Wildman–Crippen LogP) is 4.28. The van der Waals surface area contributed by atoms with E-state index in [0.29, 0.717) is 5.95 Å². The van der Waals surface area contributed by atoms with Crippen molar-refractivity contribution in [2.75, 3.05) is 37.0 Å². The lowest BCUT2D eigenvalue weighted by atomic mass is 10.1. The molecule has 5 nitrogen and oxygen atoms in total. The number of fused-ring (bicyclic) bond motifs is 1. The molecule has 1 fully saturated rings. The van der Waals surface area contributed by atoms with E-state index in [2.05, 4.69) is 34.5 Å². The van der Waals surface area contributed by atoms with E-state index in [0.717, 1.165) is 48.5 Å². The highest BCUT2D eigenvalue weighted by molar-refractivity contribution is 5.90. The third kappa shape index (κ3) is 3.97. The van der Waals surface area contributed by atoms with Crippen molar-refractivity contribution in [1.29, 1.82) is 0 Å². The Morgan fingerprint density at radius 1 is 0.963 bits per heavy atom. The Morgan fingerprint density at radius 3 is 2.59 bits per heavy atom. The van der Waals surface area contributed by atoms with E-state index in [9.17, 15) is 0 Å². The second kappa shape index (κ2) is 8.25. The largest absolute Gasteiger partial charge is 0.496 e. The van der Waals surface area contributed by atoms with Crippen LogP contribution in [0.25, 0.3) is 10.9 Å². The molecule has 0 atom stereocenters. The fourth-order valence-electron chi connectivity index (χ4n) is 3.70. The highest BCUT2D eigenvalue weighted by atomic mass is 16.5. The van der Waals surface area contributed by atoms with Gasteiger partial charge in [-0.2, -0.15) is 4.98 Å². The Labute approximate surface area is 160 Å². The normalized spacial score (nSPS) is 14.3. The van der Waals surface area contributed by atoms with Crippen LogP contribution in [0.2, 0.25) is 0 Å². The molecule has 140 valence electrons. The van der Waals surface area contributed by atoms with Crippen LogP contribution in [0.15, 0.2) is 48.5 Å². The zero-order valence-electron chi connectivity index (χ0n) is 15.8. The first kappa shape index (κ1) is 17.6. The number of aromatic nitrogens is 2. The summed E-state index contributed by atoms with van der Waals surface area (Å²) in [4.78, 5) is 12.0. The van der Waals surface area contributed by atoms with Gasteiger partial charge in [0.2, 0.25) is 5.95 Å². The maximum atomic E-state index is 5.44. The standard InChI is InChI=1S/C22H26N4O/c1-27-20-12-6-3-9-17(20)13-14-23-22-24-19-11-5-4-10-18(19)21(25-22)26-15-7-2-8-16-26/h3-6,9-12H,2,7-8,13-16H2,1H3,(H,23,24,25). The molecular weight excluding hydrogens is 336 g/mol. The molecule has 27 heavy (non-hydrogen) atoms. The van der Waals surface area contributed by atoms with Gasteiger partial charge in [-0.25, -0.2) is 4.98 Å². The van der Waals surface area contributed by atoms with Gasteiger partial charge in [-0.1, -0.05) is 30.3 Å². The number of nitrogens with zero attached hydrogens (tertiary/aromatic N) is 3. The zero-order chi connectivity index (χ0) is 18.5. The van der Waals surface area contributed by atoms with Crippen molar-refractivity contribution in [3.8, 4) is 5.75 Å². The number of rotatable bonds is 6. The monoisotopic (exact) mass is 362 g/mol. The summed E-state index contributed by atoms with van der Waals surface area (Å²) in [5.74, 6) is 2.68. The summed E-state index contributed by atoms with van der Waals surface area (Å²) in [6, 6.07) is 16.4. The molecule has 0 radical (unpaired) electrons. The maximum Gasteiger partial charge on any atom is 0.225 e. The van der Waals surface area contributed by atoms with Crippen molar-refractivity contribution < 1.29 is 4.74 Å². The Balaban J connectivity index is 1.54. The van der Waals surface area contributed by atoms with Crippen LogP contribution in [0.5, 0.6) is 5.75 Å². The van der Waals surface area contributed by atoms with Crippen molar-refractivity contribution in [2.45, 2.75) is 25.7 Å². The van der Waals surface area contributed by atoms with Gasteiger partial charge in [0.25, 0.3) is 0 Å². The second-order valence-corrected chi connectivity index (χ2v) is 6.92. The highest BCUT2D eigenvalue weighted by Crippen LogP contribution is 2.27. The molecule has 0 spiro atoms. The van der Waals surface area contributed by atoms with Gasteiger partial charge in [-0.3, -0.25) is 0 Å². The second-order valence-electron chi connectivity index (χ2n) is 6.92. The number of anilines is 2. The Hall–Kier alpha value is -2.82. The summed E-state index contributed by atoms with van der Waals surface area (Å²) >= 11 is 0. The molecule has 1 N–H and O–H groups in total. The molecule has 0 aliphatic carbocycles. The van der Waals surface area contributed by atoms with E-state index >= 15 is 0 Å². The molecule has 1 aliphatic heterocycles. The smallest absolute Gasteiger partial charge is 0.225 e. The van der Waals surface area contributed by atoms with Crippen LogP contribution in [0.1, 0.15) is 24.8 Å². The van der Waals surface area contributed by atoms with E-state index in [1.807, 2.05) is 24.3 Å². The quantitative estimate of drug-likeness (QED) is 0.709. The number of methoxy groups -OCH3 is 1. The number of benzene rings is 2. The van der Waals surface area contributed by atoms with Crippen molar-refractivity contribution in [3.05, 3.63) is 54.1 Å². The van der Waals surface area contributed by atoms with Crippen LogP contribution in [0.4, 0.5) is 11.8 Å². The van der Waals surface area contributed by atoms with Gasteiger partial charge in [-0.15, -0.1) is 0 Å². The van der Waals surface area contributed by atoms with Crippen LogP contribution in [-0.4, -0.2) is 36.7 Å². The lowest BCUT2D eigenvalue weighted by Gasteiger charge is -2.29. The zero-order valence-corrected chi connectivity index (χ0v) is 15.8. The number of para-hydroxylation sites is 2. The molecule has 0 unspecified atom stereocenters. The number of piperidine rings is 1. The number of hydrogen-bond donors (Lipinski definition) is 1. The van der Waals surface area contributed by atoms with Gasteiger partial charge in [-0.05, 0) is 49.4 Å². The molecule has 1 aromatic heterocycles. The first-order valence-corrected chi connectivity index (χ1v) is 9.72. The average Bonchev–Trinajstić information content (AvgIpc) is 2.74. The van der Waals surface area contributed by atoms with Crippen LogP contribution >= 0.6 is 0 Å². The summed E-state index contributed by atoms with van der Waals surface area (Å²) < 4.78 is 5.44. The first-order valence-electron chi connectivity index (χ1n) is 9.72. The summed E-state index contributed by atoms with van der Waals surface area (Å²) in [6.45, 7) is 2.90. The van der Waals surface area contributed by atoms with Crippen molar-refractivity contribution in [2.24, 2.45) is 0 Å².